The summed E-state index contributed by atoms with van der Waals surface area (Å²) in [6, 6.07) is 6.46. The number of thioether (sulfide) groups is 1. The molecule has 18 N–H and O–H groups in total. The molecule has 2 aromatic rings. The summed E-state index contributed by atoms with van der Waals surface area (Å²) in [5, 5.41) is 39.5. The van der Waals surface area contributed by atoms with Crippen LogP contribution in [0.4, 0.5) is 0 Å². The fraction of sp³-hybridized carbons (Fsp3) is 0.551. The van der Waals surface area contributed by atoms with Crippen molar-refractivity contribution in [2.45, 2.75) is 121 Å². The van der Waals surface area contributed by atoms with Crippen LogP contribution in [0.3, 0.4) is 0 Å². The van der Waals surface area contributed by atoms with Gasteiger partial charge in [0.05, 0.1) is 12.6 Å². The predicted octanol–water partition coefficient (Wildman–Crippen LogP) is -2.02. The molecule has 0 saturated carbocycles. The number of rotatable bonds is 34. The zero-order valence-corrected chi connectivity index (χ0v) is 43.6. The van der Waals surface area contributed by atoms with E-state index in [0.29, 0.717) is 30.7 Å². The van der Waals surface area contributed by atoms with Crippen molar-refractivity contribution in [1.82, 2.24) is 42.5 Å². The molecular formula is C49H77N13O11S. The number of nitrogens with one attached hydrogen (secondary N) is 8. The average molecular weight is 1060 g/mol. The van der Waals surface area contributed by atoms with Crippen LogP contribution in [0.2, 0.25) is 0 Å². The van der Waals surface area contributed by atoms with Crippen molar-refractivity contribution in [1.29, 1.82) is 0 Å². The van der Waals surface area contributed by atoms with Gasteiger partial charge in [0.15, 0.2) is 5.96 Å². The molecule has 2 aromatic carbocycles. The van der Waals surface area contributed by atoms with E-state index in [-0.39, 0.29) is 56.8 Å². The summed E-state index contributed by atoms with van der Waals surface area (Å²) in [4.78, 5) is 124. The van der Waals surface area contributed by atoms with E-state index in [1.54, 1.807) is 34.0 Å². The topological polar surface area (TPSA) is 407 Å². The van der Waals surface area contributed by atoms with Crippen LogP contribution in [-0.4, -0.2) is 150 Å². The van der Waals surface area contributed by atoms with Gasteiger partial charge in [0.1, 0.15) is 48.5 Å². The number of aliphatic imine (C=N–C) groups is 1. The molecular weight excluding hydrogens is 979 g/mol. The van der Waals surface area contributed by atoms with Gasteiger partial charge < -0.3 is 75.7 Å². The molecule has 0 aliphatic rings. The molecule has 74 heavy (non-hydrogen) atoms. The Bertz CT molecular complexity index is 2180. The number of carbonyl (C=O) groups excluding carboxylic acids is 8. The minimum atomic E-state index is -1.37. The highest BCUT2D eigenvalue weighted by Gasteiger charge is 2.35. The molecule has 410 valence electrons. The van der Waals surface area contributed by atoms with Crippen LogP contribution >= 0.6 is 11.8 Å². The van der Waals surface area contributed by atoms with Crippen LogP contribution in [0.1, 0.15) is 77.3 Å². The van der Waals surface area contributed by atoms with Crippen molar-refractivity contribution in [3.63, 3.8) is 0 Å². The molecule has 25 heteroatoms. The Morgan fingerprint density at radius 1 is 0.581 bits per heavy atom. The second-order valence-electron chi connectivity index (χ2n) is 18.3. The third-order valence-corrected chi connectivity index (χ3v) is 12.0. The van der Waals surface area contributed by atoms with E-state index >= 15 is 0 Å². The van der Waals surface area contributed by atoms with E-state index in [1.807, 2.05) is 30.3 Å². The van der Waals surface area contributed by atoms with Crippen molar-refractivity contribution in [3.8, 4) is 5.75 Å². The van der Waals surface area contributed by atoms with Crippen LogP contribution in [0.25, 0.3) is 0 Å². The van der Waals surface area contributed by atoms with Crippen molar-refractivity contribution >= 4 is 70.9 Å². The molecule has 2 rings (SSSR count). The van der Waals surface area contributed by atoms with Crippen molar-refractivity contribution in [2.24, 2.45) is 39.8 Å². The number of nitrogens with two attached hydrogens (primary N) is 4. The van der Waals surface area contributed by atoms with Gasteiger partial charge in [-0.3, -0.25) is 48.1 Å². The Balaban J connectivity index is 2.42. The van der Waals surface area contributed by atoms with Gasteiger partial charge in [0, 0.05) is 13.0 Å². The highest BCUT2D eigenvalue weighted by molar-refractivity contribution is 7.98. The molecule has 0 bridgehead atoms. The second-order valence-corrected chi connectivity index (χ2v) is 19.3. The number of aliphatic carboxylic acids is 1. The molecule has 0 aliphatic carbocycles. The normalized spacial score (nSPS) is 13.9. The summed E-state index contributed by atoms with van der Waals surface area (Å²) in [6.45, 7) is 5.79. The standard InChI is InChI=1S/C49H77N13O11S/c1-28(2)40(47(72)56-26-38(64)55-27-39(65)66)61-46(71)37(25-31-16-18-32(63)19-17-31)60-44(69)36(20-23-74-5)58-43(68)35(15-11-22-54-49(52)53)59-48(73)41(29(3)4)62-45(70)34(14-9-10-21-50)57-42(67)33(51)24-30-12-7-6-8-13-30/h6-8,12-13,16-19,28-29,33-37,40-41,63H,9-11,14-15,20-27,50-51H2,1-5H3,(H,55,64)(H,56,72)(H,57,67)(H,58,68)(H,59,73)(H,60,69)(H,61,71)(H,62,70)(H,65,66)(H4,52,53,54)/t33-,34-,35-,36-,37-,40-,41-/m0/s1. The first-order chi connectivity index (χ1) is 35.1. The predicted molar refractivity (Wildman–Crippen MR) is 281 cm³/mol. The first kappa shape index (κ1) is 63.1. The first-order valence-electron chi connectivity index (χ1n) is 24.5. The summed E-state index contributed by atoms with van der Waals surface area (Å²) in [5.41, 5.74) is 24.4. The van der Waals surface area contributed by atoms with Gasteiger partial charge in [0.2, 0.25) is 47.3 Å². The summed E-state index contributed by atoms with van der Waals surface area (Å²) in [7, 11) is 0. The van der Waals surface area contributed by atoms with Gasteiger partial charge in [-0.2, -0.15) is 11.8 Å². The van der Waals surface area contributed by atoms with Gasteiger partial charge in [-0.05, 0) is 98.6 Å². The third kappa shape index (κ3) is 24.2. The lowest BCUT2D eigenvalue weighted by molar-refractivity contribution is -0.138. The number of unbranched alkanes of at least 4 members (excludes halogenated alkanes) is 1. The lowest BCUT2D eigenvalue weighted by atomic mass is 10.00. The van der Waals surface area contributed by atoms with Gasteiger partial charge >= 0.3 is 5.97 Å². The molecule has 0 radical (unpaired) electrons. The van der Waals surface area contributed by atoms with Gasteiger partial charge in [-0.25, -0.2) is 0 Å². The third-order valence-electron chi connectivity index (χ3n) is 11.4. The Labute approximate surface area is 436 Å². The lowest BCUT2D eigenvalue weighted by Gasteiger charge is -2.29. The van der Waals surface area contributed by atoms with Gasteiger partial charge in [-0.15, -0.1) is 0 Å². The Morgan fingerprint density at radius 2 is 1.08 bits per heavy atom. The van der Waals surface area contributed by atoms with Crippen molar-refractivity contribution in [2.75, 3.05) is 38.2 Å². The number of hydrogen-bond donors (Lipinski definition) is 14. The molecule has 0 fully saturated rings. The fourth-order valence-electron chi connectivity index (χ4n) is 7.25. The van der Waals surface area contributed by atoms with E-state index in [2.05, 4.69) is 47.5 Å². The highest BCUT2D eigenvalue weighted by Crippen LogP contribution is 2.14. The summed E-state index contributed by atoms with van der Waals surface area (Å²) >= 11 is 1.37. The number of amides is 8. The molecule has 0 saturated heterocycles. The maximum absolute atomic E-state index is 14.3. The molecule has 0 spiro atoms. The van der Waals surface area contributed by atoms with Crippen LogP contribution in [-0.2, 0) is 56.0 Å². The monoisotopic (exact) mass is 1060 g/mol. The lowest BCUT2D eigenvalue weighted by Crippen LogP contribution is -2.61. The number of carbonyl (C=O) groups is 9. The molecule has 0 unspecified atom stereocenters. The highest BCUT2D eigenvalue weighted by atomic mass is 32.2. The number of benzene rings is 2. The Morgan fingerprint density at radius 3 is 1.64 bits per heavy atom. The number of nitrogens with zero attached hydrogens (tertiary/aromatic N) is 1. The maximum Gasteiger partial charge on any atom is 0.322 e. The first-order valence-corrected chi connectivity index (χ1v) is 25.9. The van der Waals surface area contributed by atoms with Crippen molar-refractivity contribution in [3.05, 3.63) is 65.7 Å². The SMILES string of the molecule is CSCC[C@H](NC(=O)[C@H](CCCN=C(N)N)NC(=O)[C@@H](NC(=O)[C@H](CCCCN)NC(=O)[C@@H](N)Cc1ccccc1)C(C)C)C(=O)N[C@@H](Cc1ccc(O)cc1)C(=O)N[C@H](C(=O)NCC(=O)NCC(=O)O)C(C)C. The zero-order chi connectivity index (χ0) is 55.3. The van der Waals surface area contributed by atoms with Crippen molar-refractivity contribution < 1.29 is 53.4 Å². The smallest absolute Gasteiger partial charge is 0.322 e. The molecule has 24 nitrogen and oxygen atoms in total. The van der Waals surface area contributed by atoms with Gasteiger partial charge in [0.25, 0.3) is 0 Å². The number of aromatic hydroxyl groups is 1. The Hall–Kier alpha value is -6.99. The molecule has 0 heterocycles. The number of guanidine groups is 1. The van der Waals surface area contributed by atoms with Gasteiger partial charge in [-0.1, -0.05) is 70.2 Å². The number of carboxylic acids is 1. The minimum Gasteiger partial charge on any atom is -0.508 e. The number of hydrogen-bond acceptors (Lipinski definition) is 14. The Kier molecular flexibility index (Phi) is 28.7. The molecule has 0 aliphatic heterocycles. The van der Waals surface area contributed by atoms with E-state index in [0.717, 1.165) is 5.56 Å². The summed E-state index contributed by atoms with van der Waals surface area (Å²) in [5.74, 6) is -8.20. The van der Waals surface area contributed by atoms with Crippen LogP contribution in [0.15, 0.2) is 59.6 Å². The van der Waals surface area contributed by atoms with Crippen LogP contribution < -0.4 is 65.5 Å². The quantitative estimate of drug-likeness (QED) is 0.0204. The average Bonchev–Trinajstić information content (AvgIpc) is 3.35. The van der Waals surface area contributed by atoms with E-state index in [4.69, 9.17) is 28.0 Å². The maximum atomic E-state index is 14.3. The largest absolute Gasteiger partial charge is 0.508 e. The minimum absolute atomic E-state index is 0.0349. The number of phenolic OH excluding ortho intramolecular Hbond substituents is 1. The molecule has 0 aromatic heterocycles. The van der Waals surface area contributed by atoms with E-state index in [1.165, 1.54) is 36.0 Å². The second kappa shape index (κ2) is 33.7. The molecule has 8 amide bonds. The zero-order valence-electron chi connectivity index (χ0n) is 42.8. The van der Waals surface area contributed by atoms with Crippen LogP contribution in [0, 0.1) is 11.8 Å². The number of phenols is 1. The number of carboxylic acid groups (broad SMARTS) is 1. The molecule has 7 atom stereocenters. The summed E-state index contributed by atoms with van der Waals surface area (Å²) < 4.78 is 0. The van der Waals surface area contributed by atoms with E-state index in [9.17, 15) is 48.3 Å². The fourth-order valence-corrected chi connectivity index (χ4v) is 7.72. The summed E-state index contributed by atoms with van der Waals surface area (Å²) in [6.07, 6.45) is 3.28. The van der Waals surface area contributed by atoms with E-state index < -0.39 is 120 Å². The van der Waals surface area contributed by atoms with Crippen LogP contribution in [0.5, 0.6) is 5.75 Å².